The summed E-state index contributed by atoms with van der Waals surface area (Å²) >= 11 is 0. The average molecular weight is 595 g/mol. The lowest BCUT2D eigenvalue weighted by Gasteiger charge is -2.32. The first-order chi connectivity index (χ1) is 22.8. The Morgan fingerprint density at radius 3 is 1.11 bits per heavy atom. The Morgan fingerprint density at radius 1 is 0.326 bits per heavy atom. The third-order valence-electron chi connectivity index (χ3n) is 7.79. The van der Waals surface area contributed by atoms with E-state index in [4.69, 9.17) is 0 Å². The number of hydrogen-bond acceptors (Lipinski definition) is 4. The largest absolute Gasteiger partial charge is 0.353 e. The molecule has 7 rings (SSSR count). The van der Waals surface area contributed by atoms with Crippen LogP contribution in [0.25, 0.3) is 11.1 Å². The van der Waals surface area contributed by atoms with E-state index in [2.05, 4.69) is 191 Å². The summed E-state index contributed by atoms with van der Waals surface area (Å²) in [6.45, 7) is 0. The van der Waals surface area contributed by atoms with Gasteiger partial charge in [0.1, 0.15) is 0 Å². The minimum Gasteiger partial charge on any atom is -0.353 e. The summed E-state index contributed by atoms with van der Waals surface area (Å²) in [5.41, 5.74) is 11.1. The molecule has 7 aromatic rings. The molecule has 0 radical (unpaired) electrons. The molecule has 7 aromatic carbocycles. The maximum atomic E-state index is 3.84. The fourth-order valence-corrected chi connectivity index (χ4v) is 5.65. The van der Waals surface area contributed by atoms with Gasteiger partial charge in [-0.3, -0.25) is 0 Å². The lowest BCUT2D eigenvalue weighted by Crippen LogP contribution is -2.14. The van der Waals surface area contributed by atoms with Crippen LogP contribution in [-0.4, -0.2) is 0 Å². The van der Waals surface area contributed by atoms with Crippen molar-refractivity contribution in [3.05, 3.63) is 188 Å². The van der Waals surface area contributed by atoms with E-state index in [9.17, 15) is 0 Å². The zero-order chi connectivity index (χ0) is 31.0. The normalized spacial score (nSPS) is 10.6. The van der Waals surface area contributed by atoms with Crippen LogP contribution in [0, 0.1) is 0 Å². The van der Waals surface area contributed by atoms with Gasteiger partial charge in [0.15, 0.2) is 0 Å². The highest BCUT2D eigenvalue weighted by molar-refractivity contribution is 6.06. The molecular formula is C42H34N4. The van der Waals surface area contributed by atoms with Crippen LogP contribution in [0.3, 0.4) is 0 Å². The van der Waals surface area contributed by atoms with Crippen molar-refractivity contribution in [1.29, 1.82) is 0 Å². The SMILES string of the molecule is c1ccc(Nc2c(-c3ccccc3)cc(N(c3ccccc3)c3ccccc3)c(Nc3ccccc3)c2Nc2ccccc2)cc1. The molecule has 3 N–H and O–H groups in total. The van der Waals surface area contributed by atoms with Crippen LogP contribution < -0.4 is 20.9 Å². The van der Waals surface area contributed by atoms with Gasteiger partial charge >= 0.3 is 0 Å². The fraction of sp³-hybridized carbons (Fsp3) is 0. The molecular weight excluding hydrogens is 560 g/mol. The van der Waals surface area contributed by atoms with Gasteiger partial charge in [-0.05, 0) is 72.3 Å². The van der Waals surface area contributed by atoms with Crippen molar-refractivity contribution in [2.24, 2.45) is 0 Å². The van der Waals surface area contributed by atoms with Crippen molar-refractivity contribution in [1.82, 2.24) is 0 Å². The molecule has 0 saturated carbocycles. The second-order valence-corrected chi connectivity index (χ2v) is 10.9. The summed E-state index contributed by atoms with van der Waals surface area (Å²) in [6.07, 6.45) is 0. The van der Waals surface area contributed by atoms with Crippen LogP contribution in [-0.2, 0) is 0 Å². The van der Waals surface area contributed by atoms with E-state index in [1.165, 1.54) is 0 Å². The number of para-hydroxylation sites is 5. The molecule has 0 bridgehead atoms. The first-order valence-electron chi connectivity index (χ1n) is 15.5. The van der Waals surface area contributed by atoms with E-state index in [1.807, 2.05) is 18.2 Å². The Morgan fingerprint density at radius 2 is 0.674 bits per heavy atom. The Labute approximate surface area is 270 Å². The van der Waals surface area contributed by atoms with Crippen molar-refractivity contribution < 1.29 is 0 Å². The van der Waals surface area contributed by atoms with Crippen molar-refractivity contribution in [3.8, 4) is 11.1 Å². The molecule has 222 valence electrons. The smallest absolute Gasteiger partial charge is 0.0890 e. The van der Waals surface area contributed by atoms with Crippen LogP contribution >= 0.6 is 0 Å². The molecule has 0 heterocycles. The maximum Gasteiger partial charge on any atom is 0.0890 e. The van der Waals surface area contributed by atoms with Crippen molar-refractivity contribution in [2.45, 2.75) is 0 Å². The topological polar surface area (TPSA) is 39.3 Å². The fourth-order valence-electron chi connectivity index (χ4n) is 5.65. The molecule has 46 heavy (non-hydrogen) atoms. The molecule has 0 aliphatic carbocycles. The van der Waals surface area contributed by atoms with Crippen LogP contribution in [0.15, 0.2) is 188 Å². The van der Waals surface area contributed by atoms with E-state index in [0.717, 1.165) is 62.3 Å². The molecule has 4 heteroatoms. The summed E-state index contributed by atoms with van der Waals surface area (Å²) in [5.74, 6) is 0. The Bertz CT molecular complexity index is 1940. The first kappa shape index (κ1) is 28.5. The average Bonchev–Trinajstić information content (AvgIpc) is 3.13. The third-order valence-corrected chi connectivity index (χ3v) is 7.79. The Kier molecular flexibility index (Phi) is 8.42. The molecule has 0 spiro atoms. The maximum absolute atomic E-state index is 3.84. The van der Waals surface area contributed by atoms with Crippen LogP contribution in [0.5, 0.6) is 0 Å². The van der Waals surface area contributed by atoms with E-state index in [1.54, 1.807) is 0 Å². The van der Waals surface area contributed by atoms with E-state index < -0.39 is 0 Å². The Balaban J connectivity index is 1.58. The van der Waals surface area contributed by atoms with Gasteiger partial charge in [0, 0.05) is 34.0 Å². The van der Waals surface area contributed by atoms with Crippen molar-refractivity contribution in [2.75, 3.05) is 20.9 Å². The quantitative estimate of drug-likeness (QED) is 0.147. The number of anilines is 9. The molecule has 0 fully saturated rings. The highest BCUT2D eigenvalue weighted by Crippen LogP contribution is 2.52. The lowest BCUT2D eigenvalue weighted by atomic mass is 9.98. The summed E-state index contributed by atoms with van der Waals surface area (Å²) in [6, 6.07) is 65.0. The number of nitrogens with zero attached hydrogens (tertiary/aromatic N) is 1. The van der Waals surface area contributed by atoms with Gasteiger partial charge in [0.05, 0.1) is 22.7 Å². The summed E-state index contributed by atoms with van der Waals surface area (Å²) in [5, 5.41) is 11.5. The first-order valence-corrected chi connectivity index (χ1v) is 15.5. The lowest BCUT2D eigenvalue weighted by molar-refractivity contribution is 1.28. The number of hydrogen-bond donors (Lipinski definition) is 3. The second-order valence-electron chi connectivity index (χ2n) is 10.9. The standard InChI is InChI=1S/C42H34N4/c1-7-19-32(20-8-1)38-31-39(46(36-27-15-5-16-28-36)37-29-17-6-18-30-37)41(44-34-23-11-3-12-24-34)42(45-35-25-13-4-14-26-35)40(38)43-33-21-9-2-10-22-33/h1-31,43-45H. The van der Waals surface area contributed by atoms with Gasteiger partial charge in [0.25, 0.3) is 0 Å². The van der Waals surface area contributed by atoms with Crippen LogP contribution in [0.2, 0.25) is 0 Å². The predicted octanol–water partition coefficient (Wildman–Crippen LogP) is 12.1. The van der Waals surface area contributed by atoms with Crippen LogP contribution in [0.4, 0.5) is 51.2 Å². The minimum absolute atomic E-state index is 0.923. The zero-order valence-electron chi connectivity index (χ0n) is 25.3. The number of nitrogens with one attached hydrogen (secondary N) is 3. The summed E-state index contributed by atoms with van der Waals surface area (Å²) in [4.78, 5) is 2.32. The van der Waals surface area contributed by atoms with E-state index in [-0.39, 0.29) is 0 Å². The van der Waals surface area contributed by atoms with E-state index >= 15 is 0 Å². The van der Waals surface area contributed by atoms with Gasteiger partial charge in [0.2, 0.25) is 0 Å². The molecule has 0 amide bonds. The van der Waals surface area contributed by atoms with Gasteiger partial charge in [-0.2, -0.15) is 0 Å². The molecule has 0 atom stereocenters. The summed E-state index contributed by atoms with van der Waals surface area (Å²) in [7, 11) is 0. The summed E-state index contributed by atoms with van der Waals surface area (Å²) < 4.78 is 0. The molecule has 0 aliphatic heterocycles. The number of benzene rings is 7. The Hall–Kier alpha value is -6.26. The molecule has 0 unspecified atom stereocenters. The third kappa shape index (κ3) is 6.33. The highest BCUT2D eigenvalue weighted by Gasteiger charge is 2.25. The molecule has 0 aromatic heterocycles. The number of rotatable bonds is 10. The second kappa shape index (κ2) is 13.6. The predicted molar refractivity (Wildman–Crippen MR) is 196 cm³/mol. The van der Waals surface area contributed by atoms with Crippen molar-refractivity contribution >= 4 is 51.2 Å². The molecule has 4 nitrogen and oxygen atoms in total. The van der Waals surface area contributed by atoms with Crippen LogP contribution in [0.1, 0.15) is 0 Å². The van der Waals surface area contributed by atoms with Gasteiger partial charge in [-0.1, -0.05) is 121 Å². The zero-order valence-corrected chi connectivity index (χ0v) is 25.3. The highest BCUT2D eigenvalue weighted by atomic mass is 15.2. The molecule has 0 aliphatic rings. The van der Waals surface area contributed by atoms with Gasteiger partial charge in [-0.25, -0.2) is 0 Å². The minimum atomic E-state index is 0.923. The molecule has 0 saturated heterocycles. The monoisotopic (exact) mass is 594 g/mol. The van der Waals surface area contributed by atoms with Crippen molar-refractivity contribution in [3.63, 3.8) is 0 Å². The van der Waals surface area contributed by atoms with E-state index in [0.29, 0.717) is 0 Å². The van der Waals surface area contributed by atoms with Gasteiger partial charge < -0.3 is 20.9 Å². The van der Waals surface area contributed by atoms with Gasteiger partial charge in [-0.15, -0.1) is 0 Å².